The van der Waals surface area contributed by atoms with Crippen LogP contribution in [0.5, 0.6) is 0 Å². The molecular formula is C17H21NO2. The van der Waals surface area contributed by atoms with Crippen LogP contribution >= 0.6 is 0 Å². The summed E-state index contributed by atoms with van der Waals surface area (Å²) in [5, 5.41) is 0. The number of carbonyl (C=O) groups excluding carboxylic acids is 1. The number of aryl methyl sites for hydroxylation is 1. The van der Waals surface area contributed by atoms with Gasteiger partial charge in [-0.25, -0.2) is 4.79 Å². The number of aromatic nitrogens is 1. The van der Waals surface area contributed by atoms with Gasteiger partial charge < -0.3 is 9.30 Å². The molecule has 1 atom stereocenters. The van der Waals surface area contributed by atoms with Crippen molar-refractivity contribution in [2.75, 3.05) is 6.61 Å². The van der Waals surface area contributed by atoms with Gasteiger partial charge in [-0.15, -0.1) is 0 Å². The standard InChI is InChI=1S/C17H21NO2/c1-5-20-17(19)16-12(2)11-18(14(16)4)13(3)15-9-7-6-8-10-15/h6-11,13H,5H2,1-4H3/t13-/m1/s1. The number of ether oxygens (including phenoxy) is 1. The number of esters is 1. The van der Waals surface area contributed by atoms with Crippen LogP contribution in [0, 0.1) is 13.8 Å². The van der Waals surface area contributed by atoms with Gasteiger partial charge in [0.15, 0.2) is 0 Å². The maximum absolute atomic E-state index is 12.0. The van der Waals surface area contributed by atoms with Crippen molar-refractivity contribution in [3.05, 3.63) is 58.9 Å². The molecule has 0 fully saturated rings. The fourth-order valence-corrected chi connectivity index (χ4v) is 2.59. The maximum Gasteiger partial charge on any atom is 0.340 e. The molecule has 1 aromatic heterocycles. The second-order valence-corrected chi connectivity index (χ2v) is 4.99. The third-order valence-electron chi connectivity index (χ3n) is 3.65. The average Bonchev–Trinajstić information content (AvgIpc) is 2.74. The highest BCUT2D eigenvalue weighted by atomic mass is 16.5. The van der Waals surface area contributed by atoms with Crippen LogP contribution in [-0.2, 0) is 4.74 Å². The van der Waals surface area contributed by atoms with Crippen LogP contribution in [0.4, 0.5) is 0 Å². The lowest BCUT2D eigenvalue weighted by atomic mass is 10.1. The number of hydrogen-bond donors (Lipinski definition) is 0. The molecule has 2 rings (SSSR count). The second kappa shape index (κ2) is 5.95. The summed E-state index contributed by atoms with van der Waals surface area (Å²) in [7, 11) is 0. The van der Waals surface area contributed by atoms with Crippen LogP contribution in [0.1, 0.15) is 47.1 Å². The van der Waals surface area contributed by atoms with E-state index in [-0.39, 0.29) is 12.0 Å². The van der Waals surface area contributed by atoms with Crippen LogP contribution in [0.15, 0.2) is 36.5 Å². The van der Waals surface area contributed by atoms with E-state index in [4.69, 9.17) is 4.74 Å². The summed E-state index contributed by atoms with van der Waals surface area (Å²) in [6.07, 6.45) is 2.03. The van der Waals surface area contributed by atoms with E-state index in [0.717, 1.165) is 11.3 Å². The van der Waals surface area contributed by atoms with Crippen molar-refractivity contribution in [3.8, 4) is 0 Å². The Kier molecular flexibility index (Phi) is 4.28. The number of nitrogens with zero attached hydrogens (tertiary/aromatic N) is 1. The van der Waals surface area contributed by atoms with Gasteiger partial charge in [-0.2, -0.15) is 0 Å². The zero-order valence-corrected chi connectivity index (χ0v) is 12.5. The highest BCUT2D eigenvalue weighted by Crippen LogP contribution is 2.25. The molecule has 0 amide bonds. The molecule has 1 heterocycles. The van der Waals surface area contributed by atoms with E-state index in [9.17, 15) is 4.79 Å². The molecule has 0 saturated heterocycles. The van der Waals surface area contributed by atoms with E-state index < -0.39 is 0 Å². The van der Waals surface area contributed by atoms with Crippen LogP contribution in [0.3, 0.4) is 0 Å². The van der Waals surface area contributed by atoms with Crippen LogP contribution in [0.25, 0.3) is 0 Å². The molecule has 0 bridgehead atoms. The summed E-state index contributed by atoms with van der Waals surface area (Å²) >= 11 is 0. The Bertz CT molecular complexity index is 599. The first-order valence-corrected chi connectivity index (χ1v) is 6.96. The Morgan fingerprint density at radius 2 is 1.90 bits per heavy atom. The lowest BCUT2D eigenvalue weighted by molar-refractivity contribution is 0.0524. The van der Waals surface area contributed by atoms with Crippen molar-refractivity contribution in [1.29, 1.82) is 0 Å². The molecule has 0 spiro atoms. The molecule has 0 unspecified atom stereocenters. The van der Waals surface area contributed by atoms with Gasteiger partial charge in [0.1, 0.15) is 0 Å². The first-order chi connectivity index (χ1) is 9.56. The first kappa shape index (κ1) is 14.4. The van der Waals surface area contributed by atoms with Gasteiger partial charge in [0.2, 0.25) is 0 Å². The van der Waals surface area contributed by atoms with Crippen LogP contribution < -0.4 is 0 Å². The van der Waals surface area contributed by atoms with Crippen LogP contribution in [0.2, 0.25) is 0 Å². The fourth-order valence-electron chi connectivity index (χ4n) is 2.59. The fraction of sp³-hybridized carbons (Fsp3) is 0.353. The quantitative estimate of drug-likeness (QED) is 0.790. The molecule has 0 saturated carbocycles. The van der Waals surface area contributed by atoms with Gasteiger partial charge in [-0.05, 0) is 38.8 Å². The van der Waals surface area contributed by atoms with Crippen molar-refractivity contribution in [2.24, 2.45) is 0 Å². The second-order valence-electron chi connectivity index (χ2n) is 4.99. The van der Waals surface area contributed by atoms with Crippen LogP contribution in [-0.4, -0.2) is 17.1 Å². The summed E-state index contributed by atoms with van der Waals surface area (Å²) in [6.45, 7) is 8.28. The van der Waals surface area contributed by atoms with Gasteiger partial charge in [0.25, 0.3) is 0 Å². The lowest BCUT2D eigenvalue weighted by Gasteiger charge is -2.16. The molecular weight excluding hydrogens is 250 g/mol. The lowest BCUT2D eigenvalue weighted by Crippen LogP contribution is -2.11. The number of benzene rings is 1. The number of rotatable bonds is 4. The smallest absolute Gasteiger partial charge is 0.340 e. The van der Waals surface area contributed by atoms with E-state index in [0.29, 0.717) is 12.2 Å². The molecule has 0 N–H and O–H groups in total. The van der Waals surface area contributed by atoms with Gasteiger partial charge in [-0.3, -0.25) is 0 Å². The Labute approximate surface area is 120 Å². The number of carbonyl (C=O) groups is 1. The van der Waals surface area contributed by atoms with E-state index >= 15 is 0 Å². The SMILES string of the molecule is CCOC(=O)c1c(C)cn([C@H](C)c2ccccc2)c1C. The third kappa shape index (κ3) is 2.62. The van der Waals surface area contributed by atoms with E-state index in [2.05, 4.69) is 23.6 Å². The van der Waals surface area contributed by atoms with E-state index in [1.165, 1.54) is 5.56 Å². The van der Waals surface area contributed by atoms with E-state index in [1.807, 2.05) is 45.2 Å². The van der Waals surface area contributed by atoms with Crippen molar-refractivity contribution in [1.82, 2.24) is 4.57 Å². The normalized spacial score (nSPS) is 12.2. The Morgan fingerprint density at radius 3 is 2.50 bits per heavy atom. The Morgan fingerprint density at radius 1 is 1.25 bits per heavy atom. The van der Waals surface area contributed by atoms with Crippen molar-refractivity contribution < 1.29 is 9.53 Å². The largest absolute Gasteiger partial charge is 0.462 e. The minimum absolute atomic E-state index is 0.193. The minimum atomic E-state index is -0.235. The predicted molar refractivity (Wildman–Crippen MR) is 80.1 cm³/mol. The Hall–Kier alpha value is -2.03. The zero-order chi connectivity index (χ0) is 14.7. The first-order valence-electron chi connectivity index (χ1n) is 6.96. The van der Waals surface area contributed by atoms with Crippen molar-refractivity contribution in [2.45, 2.75) is 33.7 Å². The number of hydrogen-bond acceptors (Lipinski definition) is 2. The molecule has 0 aliphatic heterocycles. The van der Waals surface area contributed by atoms with Gasteiger partial charge in [0, 0.05) is 11.9 Å². The maximum atomic E-state index is 12.0. The minimum Gasteiger partial charge on any atom is -0.462 e. The van der Waals surface area contributed by atoms with Gasteiger partial charge >= 0.3 is 5.97 Å². The molecule has 3 heteroatoms. The summed E-state index contributed by atoms with van der Waals surface area (Å²) < 4.78 is 7.27. The van der Waals surface area contributed by atoms with Gasteiger partial charge in [0.05, 0.1) is 18.2 Å². The topological polar surface area (TPSA) is 31.2 Å². The molecule has 0 aliphatic rings. The molecule has 1 aromatic carbocycles. The summed E-state index contributed by atoms with van der Waals surface area (Å²) in [5.41, 5.74) is 3.83. The summed E-state index contributed by atoms with van der Waals surface area (Å²) in [4.78, 5) is 12.0. The highest BCUT2D eigenvalue weighted by molar-refractivity contribution is 5.92. The summed E-state index contributed by atoms with van der Waals surface area (Å²) in [5.74, 6) is -0.235. The molecule has 0 aliphatic carbocycles. The molecule has 2 aromatic rings. The predicted octanol–water partition coefficient (Wildman–Crippen LogP) is 3.89. The highest BCUT2D eigenvalue weighted by Gasteiger charge is 2.20. The van der Waals surface area contributed by atoms with Crippen molar-refractivity contribution >= 4 is 5.97 Å². The molecule has 0 radical (unpaired) electrons. The Balaban J connectivity index is 2.39. The average molecular weight is 271 g/mol. The van der Waals surface area contributed by atoms with E-state index in [1.54, 1.807) is 0 Å². The summed E-state index contributed by atoms with van der Waals surface area (Å²) in [6, 6.07) is 10.5. The molecule has 20 heavy (non-hydrogen) atoms. The molecule has 3 nitrogen and oxygen atoms in total. The van der Waals surface area contributed by atoms with Gasteiger partial charge in [-0.1, -0.05) is 30.3 Å². The third-order valence-corrected chi connectivity index (χ3v) is 3.65. The zero-order valence-electron chi connectivity index (χ0n) is 12.5. The molecule has 106 valence electrons. The van der Waals surface area contributed by atoms with Crippen molar-refractivity contribution in [3.63, 3.8) is 0 Å². The monoisotopic (exact) mass is 271 g/mol.